The molecule has 0 fully saturated rings. The molecule has 0 spiro atoms. The zero-order valence-electron chi connectivity index (χ0n) is 19.5. The summed E-state index contributed by atoms with van der Waals surface area (Å²) in [6, 6.07) is 15.7. The van der Waals surface area contributed by atoms with E-state index in [0.717, 1.165) is 5.56 Å². The van der Waals surface area contributed by atoms with Gasteiger partial charge in [0, 0.05) is 29.5 Å². The number of benzene rings is 2. The lowest BCUT2D eigenvalue weighted by Crippen LogP contribution is -2.19. The fourth-order valence-corrected chi connectivity index (χ4v) is 3.79. The maximum absolute atomic E-state index is 11.9. The van der Waals surface area contributed by atoms with E-state index >= 15 is 0 Å². The summed E-state index contributed by atoms with van der Waals surface area (Å²) in [6.45, 7) is 3.03. The van der Waals surface area contributed by atoms with E-state index in [-0.39, 0.29) is 6.10 Å². The van der Waals surface area contributed by atoms with Gasteiger partial charge in [0.25, 0.3) is 0 Å². The van der Waals surface area contributed by atoms with Crippen molar-refractivity contribution in [2.45, 2.75) is 26.0 Å². The van der Waals surface area contributed by atoms with Gasteiger partial charge in [0.1, 0.15) is 5.52 Å². The van der Waals surface area contributed by atoms with Gasteiger partial charge in [0.2, 0.25) is 12.7 Å². The number of carbonyl (C=O) groups excluding carboxylic acids is 1. The molecule has 9 nitrogen and oxygen atoms in total. The third-order valence-corrected chi connectivity index (χ3v) is 5.37. The Balaban J connectivity index is 1.80. The van der Waals surface area contributed by atoms with Crippen LogP contribution < -0.4 is 10.1 Å². The van der Waals surface area contributed by atoms with E-state index < -0.39 is 19.0 Å². The third kappa shape index (κ3) is 5.79. The Kier molecular flexibility index (Phi) is 7.78. The first-order valence-electron chi connectivity index (χ1n) is 11.0. The molecule has 182 valence electrons. The van der Waals surface area contributed by atoms with Crippen molar-refractivity contribution in [3.05, 3.63) is 88.8 Å². The van der Waals surface area contributed by atoms with Crippen molar-refractivity contribution in [3.8, 4) is 11.8 Å². The van der Waals surface area contributed by atoms with Gasteiger partial charge >= 0.3 is 6.16 Å². The Hall–Kier alpha value is -4.42. The summed E-state index contributed by atoms with van der Waals surface area (Å²) in [7, 11) is 0. The molecule has 1 unspecified atom stereocenters. The predicted octanol–water partition coefficient (Wildman–Crippen LogP) is 5.65. The van der Waals surface area contributed by atoms with E-state index in [0.29, 0.717) is 38.8 Å². The van der Waals surface area contributed by atoms with Crippen LogP contribution >= 0.6 is 11.6 Å². The number of ether oxygens (including phenoxy) is 3. The van der Waals surface area contributed by atoms with E-state index in [1.54, 1.807) is 62.8 Å². The number of nitriles is 1. The van der Waals surface area contributed by atoms with Crippen LogP contribution in [0.4, 0.5) is 10.7 Å². The molecule has 4 aromatic rings. The number of aromatic nitrogens is 3. The normalized spacial score (nSPS) is 11.5. The van der Waals surface area contributed by atoms with Gasteiger partial charge in [0.05, 0.1) is 28.8 Å². The van der Waals surface area contributed by atoms with Gasteiger partial charge in [0.15, 0.2) is 5.75 Å². The Labute approximate surface area is 212 Å². The Morgan fingerprint density at radius 3 is 2.50 bits per heavy atom. The number of fused-ring (bicyclic) bond motifs is 1. The van der Waals surface area contributed by atoms with Crippen LogP contribution in [0.5, 0.6) is 5.75 Å². The van der Waals surface area contributed by atoms with Crippen LogP contribution in [0.2, 0.25) is 5.02 Å². The number of nitrogens with zero attached hydrogens (tertiary/aromatic N) is 4. The van der Waals surface area contributed by atoms with Gasteiger partial charge in [-0.05, 0) is 55.8 Å². The minimum Gasteiger partial charge on any atom is -0.455 e. The first-order valence-corrected chi connectivity index (χ1v) is 11.4. The average Bonchev–Trinajstić information content (AvgIpc) is 2.89. The summed E-state index contributed by atoms with van der Waals surface area (Å²) < 4.78 is 16.1. The van der Waals surface area contributed by atoms with E-state index in [9.17, 15) is 10.1 Å². The Morgan fingerprint density at radius 1 is 1.08 bits per heavy atom. The average molecular weight is 504 g/mol. The highest BCUT2D eigenvalue weighted by Gasteiger charge is 2.24. The molecule has 2 heterocycles. The number of rotatable bonds is 8. The molecule has 2 aromatic heterocycles. The van der Waals surface area contributed by atoms with Gasteiger partial charge in [-0.1, -0.05) is 23.7 Å². The molecule has 0 saturated carbocycles. The number of hydrogen-bond acceptors (Lipinski definition) is 9. The lowest BCUT2D eigenvalue weighted by atomic mass is 9.95. The fourth-order valence-electron chi connectivity index (χ4n) is 3.52. The molecule has 0 aliphatic carbocycles. The lowest BCUT2D eigenvalue weighted by molar-refractivity contribution is -0.00807. The van der Waals surface area contributed by atoms with Crippen LogP contribution in [0, 0.1) is 11.3 Å². The number of anilines is 1. The minimum atomic E-state index is -0.850. The maximum Gasteiger partial charge on any atom is 0.511 e. The van der Waals surface area contributed by atoms with Crippen molar-refractivity contribution in [1.82, 2.24) is 15.0 Å². The molecular formula is C26H22ClN5O4. The highest BCUT2D eigenvalue weighted by molar-refractivity contribution is 6.35. The second-order valence-electron chi connectivity index (χ2n) is 7.88. The summed E-state index contributed by atoms with van der Waals surface area (Å²) in [5, 5.41) is 13.7. The van der Waals surface area contributed by atoms with Crippen molar-refractivity contribution in [2.24, 2.45) is 0 Å². The molecule has 10 heteroatoms. The maximum atomic E-state index is 11.9. The molecular weight excluding hydrogens is 482 g/mol. The summed E-state index contributed by atoms with van der Waals surface area (Å²) in [4.78, 5) is 24.9. The monoisotopic (exact) mass is 503 g/mol. The highest BCUT2D eigenvalue weighted by Crippen LogP contribution is 2.40. The Bertz CT molecular complexity index is 1390. The van der Waals surface area contributed by atoms with E-state index in [1.807, 2.05) is 18.2 Å². The van der Waals surface area contributed by atoms with Crippen molar-refractivity contribution in [2.75, 3.05) is 12.1 Å². The smallest absolute Gasteiger partial charge is 0.455 e. The van der Waals surface area contributed by atoms with Gasteiger partial charge in [-0.3, -0.25) is 4.98 Å². The molecule has 2 aromatic carbocycles. The van der Waals surface area contributed by atoms with Crippen LogP contribution in [-0.2, 0) is 9.47 Å². The van der Waals surface area contributed by atoms with Crippen LogP contribution in [0.25, 0.3) is 10.9 Å². The molecule has 4 rings (SSSR count). The molecule has 0 aliphatic heterocycles. The highest BCUT2D eigenvalue weighted by atomic mass is 35.5. The Morgan fingerprint density at radius 2 is 1.81 bits per heavy atom. The van der Waals surface area contributed by atoms with Crippen LogP contribution in [-0.4, -0.2) is 34.0 Å². The second-order valence-corrected chi connectivity index (χ2v) is 8.29. The first kappa shape index (κ1) is 24.7. The van der Waals surface area contributed by atoms with E-state index in [1.165, 1.54) is 0 Å². The van der Waals surface area contributed by atoms with Crippen molar-refractivity contribution < 1.29 is 19.0 Å². The number of halogens is 1. The fraction of sp³-hybridized carbons (Fsp3) is 0.192. The van der Waals surface area contributed by atoms with Gasteiger partial charge in [-0.15, -0.1) is 0 Å². The molecule has 0 radical (unpaired) electrons. The van der Waals surface area contributed by atoms with Crippen LogP contribution in [0.1, 0.15) is 36.6 Å². The summed E-state index contributed by atoms with van der Waals surface area (Å²) in [6.07, 6.45) is 3.67. The minimum absolute atomic E-state index is 0.332. The second kappa shape index (κ2) is 11.3. The van der Waals surface area contributed by atoms with E-state index in [4.69, 9.17) is 25.8 Å². The molecule has 1 atom stereocenters. The third-order valence-electron chi connectivity index (χ3n) is 5.06. The van der Waals surface area contributed by atoms with Gasteiger partial charge < -0.3 is 19.5 Å². The van der Waals surface area contributed by atoms with Crippen molar-refractivity contribution >= 4 is 34.6 Å². The van der Waals surface area contributed by atoms with Crippen molar-refractivity contribution in [3.63, 3.8) is 0 Å². The molecule has 36 heavy (non-hydrogen) atoms. The quantitative estimate of drug-likeness (QED) is 0.240. The van der Waals surface area contributed by atoms with E-state index in [2.05, 4.69) is 26.3 Å². The lowest BCUT2D eigenvalue weighted by Gasteiger charge is -2.24. The number of carbonyl (C=O) groups is 1. The number of hydrogen-bond donors (Lipinski definition) is 1. The molecule has 0 aliphatic rings. The van der Waals surface area contributed by atoms with Crippen LogP contribution in [0.15, 0.2) is 67.1 Å². The molecule has 0 bridgehead atoms. The zero-order chi connectivity index (χ0) is 25.5. The molecule has 0 amide bonds. The predicted molar refractivity (Wildman–Crippen MR) is 134 cm³/mol. The largest absolute Gasteiger partial charge is 0.511 e. The van der Waals surface area contributed by atoms with Crippen LogP contribution in [0.3, 0.4) is 0 Å². The molecule has 1 N–H and O–H groups in total. The summed E-state index contributed by atoms with van der Waals surface area (Å²) in [5.41, 5.74) is 2.39. The summed E-state index contributed by atoms with van der Waals surface area (Å²) in [5.74, 6) is 0.719. The van der Waals surface area contributed by atoms with Crippen molar-refractivity contribution in [1.29, 1.82) is 5.26 Å². The standard InChI is InChI=1S/C26H22ClN5O4/c1-16(2)36-26(33)35-15-34-24-20(13-21(27)19-5-3-10-29-23(19)24)22(32-25-30-11-4-12-31-25)18-8-6-17(14-28)7-9-18/h3-13,16,22H,15H2,1-2H3,(H,30,31,32). The summed E-state index contributed by atoms with van der Waals surface area (Å²) >= 11 is 6.66. The SMILES string of the molecule is CC(C)OC(=O)OCOc1c(C(Nc2ncccn2)c2ccc(C#N)cc2)cc(Cl)c2cccnc12. The molecule has 0 saturated heterocycles. The first-order chi connectivity index (χ1) is 17.5. The van der Waals surface area contributed by atoms with Gasteiger partial charge in [-0.2, -0.15) is 5.26 Å². The number of nitrogens with one attached hydrogen (secondary N) is 1. The topological polar surface area (TPSA) is 119 Å². The number of pyridine rings is 1. The van der Waals surface area contributed by atoms with Gasteiger partial charge in [-0.25, -0.2) is 14.8 Å². The zero-order valence-corrected chi connectivity index (χ0v) is 20.3.